The normalized spacial score (nSPS) is 17.4. The maximum absolute atomic E-state index is 5.68. The maximum Gasteiger partial charge on any atom is 0.145 e. The highest BCUT2D eigenvalue weighted by Gasteiger charge is 2.15. The van der Waals surface area contributed by atoms with Crippen LogP contribution < -0.4 is 11.3 Å². The van der Waals surface area contributed by atoms with Crippen LogP contribution in [0.4, 0.5) is 0 Å². The molecule has 1 aromatic carbocycles. The van der Waals surface area contributed by atoms with Gasteiger partial charge in [0.25, 0.3) is 0 Å². The van der Waals surface area contributed by atoms with E-state index in [0.717, 1.165) is 29.4 Å². The van der Waals surface area contributed by atoms with E-state index in [2.05, 4.69) is 15.4 Å². The molecule has 1 aliphatic carbocycles. The van der Waals surface area contributed by atoms with E-state index in [4.69, 9.17) is 10.8 Å². The van der Waals surface area contributed by atoms with Gasteiger partial charge in [-0.25, -0.2) is 5.84 Å². The number of benzene rings is 1. The molecule has 3 N–H and O–H groups in total. The lowest BCUT2D eigenvalue weighted by molar-refractivity contribution is 0.442. The second-order valence-corrected chi connectivity index (χ2v) is 5.14. The average molecular weight is 269 g/mol. The van der Waals surface area contributed by atoms with Gasteiger partial charge in [-0.05, 0) is 25.0 Å². The first-order valence-corrected chi connectivity index (χ1v) is 7.13. The van der Waals surface area contributed by atoms with Crippen LogP contribution in [0.15, 0.2) is 35.6 Å². The van der Waals surface area contributed by atoms with Crippen molar-refractivity contribution in [2.24, 2.45) is 10.8 Å². The van der Waals surface area contributed by atoms with Gasteiger partial charge in [-0.15, -0.1) is 0 Å². The van der Waals surface area contributed by atoms with Crippen molar-refractivity contribution in [1.82, 2.24) is 15.4 Å². The minimum Gasteiger partial charge on any atom is -0.308 e. The Kier molecular flexibility index (Phi) is 3.87. The molecule has 3 rings (SSSR count). The first kappa shape index (κ1) is 13.0. The van der Waals surface area contributed by atoms with Crippen molar-refractivity contribution in [3.05, 3.63) is 36.2 Å². The molecule has 5 nitrogen and oxygen atoms in total. The minimum atomic E-state index is 0.363. The number of amidine groups is 1. The number of fused-ring (bicyclic) bond motifs is 1. The molecule has 104 valence electrons. The Hall–Kier alpha value is -2.01. The third-order valence-electron chi connectivity index (χ3n) is 3.78. The predicted octanol–water partition coefficient (Wildman–Crippen LogP) is 2.17. The van der Waals surface area contributed by atoms with Crippen molar-refractivity contribution in [3.8, 4) is 0 Å². The van der Waals surface area contributed by atoms with Crippen LogP contribution in [-0.2, 0) is 0 Å². The second kappa shape index (κ2) is 5.96. The molecule has 1 heterocycles. The highest BCUT2D eigenvalue weighted by Crippen LogP contribution is 2.22. The largest absolute Gasteiger partial charge is 0.308 e. The van der Waals surface area contributed by atoms with Crippen molar-refractivity contribution in [2.45, 2.75) is 38.1 Å². The zero-order valence-corrected chi connectivity index (χ0v) is 11.4. The van der Waals surface area contributed by atoms with E-state index in [9.17, 15) is 0 Å². The van der Waals surface area contributed by atoms with Gasteiger partial charge in [-0.1, -0.05) is 25.3 Å². The molecule has 0 spiro atoms. The van der Waals surface area contributed by atoms with E-state index in [-0.39, 0.29) is 0 Å². The lowest BCUT2D eigenvalue weighted by atomic mass is 9.96. The monoisotopic (exact) mass is 269 g/mol. The molecular weight excluding hydrogens is 250 g/mol. The van der Waals surface area contributed by atoms with Gasteiger partial charge in [-0.2, -0.15) is 0 Å². The molecule has 1 saturated carbocycles. The van der Waals surface area contributed by atoms with E-state index >= 15 is 0 Å². The smallest absolute Gasteiger partial charge is 0.145 e. The molecule has 1 aliphatic rings. The van der Waals surface area contributed by atoms with Gasteiger partial charge in [0.15, 0.2) is 0 Å². The quantitative estimate of drug-likeness (QED) is 0.379. The number of nitrogens with two attached hydrogens (primary N) is 1. The van der Waals surface area contributed by atoms with Crippen molar-refractivity contribution in [2.75, 3.05) is 0 Å². The second-order valence-electron chi connectivity index (χ2n) is 5.14. The summed E-state index contributed by atoms with van der Waals surface area (Å²) in [6.45, 7) is 0. The Morgan fingerprint density at radius 1 is 1.15 bits per heavy atom. The fourth-order valence-electron chi connectivity index (χ4n) is 2.76. The number of para-hydroxylation sites is 1. The van der Waals surface area contributed by atoms with E-state index in [1.165, 1.54) is 19.3 Å². The predicted molar refractivity (Wildman–Crippen MR) is 80.3 cm³/mol. The van der Waals surface area contributed by atoms with Crippen molar-refractivity contribution >= 4 is 16.9 Å². The van der Waals surface area contributed by atoms with E-state index < -0.39 is 0 Å². The number of rotatable bonds is 2. The number of aliphatic imine (C=N–C) groups is 1. The van der Waals surface area contributed by atoms with Crippen LogP contribution in [0.2, 0.25) is 0 Å². The molecule has 5 heteroatoms. The van der Waals surface area contributed by atoms with Crippen molar-refractivity contribution < 1.29 is 0 Å². The first-order valence-electron chi connectivity index (χ1n) is 7.13. The summed E-state index contributed by atoms with van der Waals surface area (Å²) in [6, 6.07) is 6.25. The SMILES string of the molecule is NNC(=NC1CCCCC1)c1cccc2nccnc12. The molecular formula is C15H19N5. The van der Waals surface area contributed by atoms with E-state index in [0.29, 0.717) is 11.9 Å². The molecule has 20 heavy (non-hydrogen) atoms. The van der Waals surface area contributed by atoms with E-state index in [1.54, 1.807) is 12.4 Å². The Labute approximate surface area is 118 Å². The van der Waals surface area contributed by atoms with Gasteiger partial charge >= 0.3 is 0 Å². The van der Waals surface area contributed by atoms with Crippen LogP contribution in [0.25, 0.3) is 11.0 Å². The van der Waals surface area contributed by atoms with Crippen LogP contribution in [0.1, 0.15) is 37.7 Å². The molecule has 1 fully saturated rings. The third-order valence-corrected chi connectivity index (χ3v) is 3.78. The summed E-state index contributed by atoms with van der Waals surface area (Å²) in [4.78, 5) is 13.5. The Morgan fingerprint density at radius 3 is 2.75 bits per heavy atom. The molecule has 1 aromatic heterocycles. The van der Waals surface area contributed by atoms with Crippen molar-refractivity contribution in [3.63, 3.8) is 0 Å². The van der Waals surface area contributed by atoms with Crippen LogP contribution in [0, 0.1) is 0 Å². The Morgan fingerprint density at radius 2 is 1.95 bits per heavy atom. The number of hydrazine groups is 1. The van der Waals surface area contributed by atoms with Gasteiger partial charge < -0.3 is 5.43 Å². The minimum absolute atomic E-state index is 0.363. The van der Waals surface area contributed by atoms with Crippen LogP contribution >= 0.6 is 0 Å². The molecule has 0 atom stereocenters. The van der Waals surface area contributed by atoms with Crippen molar-refractivity contribution in [1.29, 1.82) is 0 Å². The molecule has 0 bridgehead atoms. The topological polar surface area (TPSA) is 76.2 Å². The summed E-state index contributed by atoms with van der Waals surface area (Å²) in [6.07, 6.45) is 9.49. The number of nitrogens with zero attached hydrogens (tertiary/aromatic N) is 3. The number of aromatic nitrogens is 2. The lowest BCUT2D eigenvalue weighted by Crippen LogP contribution is -2.33. The lowest BCUT2D eigenvalue weighted by Gasteiger charge is -2.19. The number of hydrogen-bond acceptors (Lipinski definition) is 4. The van der Waals surface area contributed by atoms with Gasteiger partial charge in [0.2, 0.25) is 0 Å². The molecule has 0 unspecified atom stereocenters. The summed E-state index contributed by atoms with van der Waals surface area (Å²) >= 11 is 0. The highest BCUT2D eigenvalue weighted by molar-refractivity contribution is 6.07. The average Bonchev–Trinajstić information content (AvgIpc) is 2.53. The summed E-state index contributed by atoms with van der Waals surface area (Å²) in [5, 5.41) is 0. The highest BCUT2D eigenvalue weighted by atomic mass is 15.3. The summed E-state index contributed by atoms with van der Waals surface area (Å²) in [5.74, 6) is 6.40. The van der Waals surface area contributed by atoms with Gasteiger partial charge in [0.05, 0.1) is 17.1 Å². The Balaban J connectivity index is 2.00. The zero-order chi connectivity index (χ0) is 13.8. The first-order chi connectivity index (χ1) is 9.88. The van der Waals surface area contributed by atoms with E-state index in [1.807, 2.05) is 18.2 Å². The van der Waals surface area contributed by atoms with Crippen LogP contribution in [0.5, 0.6) is 0 Å². The fraction of sp³-hybridized carbons (Fsp3) is 0.400. The summed E-state index contributed by atoms with van der Waals surface area (Å²) in [7, 11) is 0. The van der Waals surface area contributed by atoms with Crippen LogP contribution in [-0.4, -0.2) is 21.8 Å². The summed E-state index contributed by atoms with van der Waals surface area (Å²) in [5.41, 5.74) is 5.35. The van der Waals surface area contributed by atoms with Gasteiger partial charge in [-0.3, -0.25) is 15.0 Å². The molecule has 0 amide bonds. The molecule has 2 aromatic rings. The number of hydrogen-bond donors (Lipinski definition) is 2. The number of nitrogens with one attached hydrogen (secondary N) is 1. The zero-order valence-electron chi connectivity index (χ0n) is 11.4. The molecule has 0 saturated heterocycles. The maximum atomic E-state index is 5.68. The van der Waals surface area contributed by atoms with Gasteiger partial charge in [0, 0.05) is 18.0 Å². The van der Waals surface area contributed by atoms with Crippen LogP contribution in [0.3, 0.4) is 0 Å². The standard InChI is InChI=1S/C15H19N5/c16-20-15(19-11-5-2-1-3-6-11)12-7-4-8-13-14(12)18-10-9-17-13/h4,7-11H,1-3,5-6,16H2,(H,19,20). The fourth-order valence-corrected chi connectivity index (χ4v) is 2.76. The molecule has 0 radical (unpaired) electrons. The third kappa shape index (κ3) is 2.63. The van der Waals surface area contributed by atoms with Gasteiger partial charge in [0.1, 0.15) is 5.84 Å². The summed E-state index contributed by atoms with van der Waals surface area (Å²) < 4.78 is 0. The molecule has 0 aliphatic heterocycles. The Bertz CT molecular complexity index is 611.